The van der Waals surface area contributed by atoms with Crippen LogP contribution >= 0.6 is 11.6 Å². The molecule has 0 saturated carbocycles. The van der Waals surface area contributed by atoms with Crippen LogP contribution in [-0.4, -0.2) is 42.0 Å². The van der Waals surface area contributed by atoms with E-state index in [0.717, 1.165) is 42.6 Å². The number of carbonyl (C=O) groups is 1. The highest BCUT2D eigenvalue weighted by molar-refractivity contribution is 6.30. The second-order valence-electron chi connectivity index (χ2n) is 7.12. The van der Waals surface area contributed by atoms with Crippen molar-refractivity contribution in [2.75, 3.05) is 31.1 Å². The van der Waals surface area contributed by atoms with Crippen LogP contribution in [0.1, 0.15) is 25.8 Å². The van der Waals surface area contributed by atoms with Crippen LogP contribution in [0.5, 0.6) is 0 Å². The number of piperazine rings is 1. The number of amides is 1. The maximum absolute atomic E-state index is 12.8. The number of benzene rings is 1. The van der Waals surface area contributed by atoms with E-state index < -0.39 is 0 Å². The molecule has 1 saturated heterocycles. The summed E-state index contributed by atoms with van der Waals surface area (Å²) in [6.07, 6.45) is 2.31. The Bertz CT molecular complexity index is 707. The summed E-state index contributed by atoms with van der Waals surface area (Å²) in [6, 6.07) is 13.7. The summed E-state index contributed by atoms with van der Waals surface area (Å²) in [5.74, 6) is 1.19. The monoisotopic (exact) mass is 357 g/mol. The van der Waals surface area contributed by atoms with E-state index in [1.165, 1.54) is 0 Å². The molecular formula is C20H24ClN3O. The fourth-order valence-electron chi connectivity index (χ4n) is 3.22. The zero-order valence-corrected chi connectivity index (χ0v) is 15.5. The lowest BCUT2D eigenvalue weighted by Crippen LogP contribution is -2.50. The number of nitrogens with zero attached hydrogens (tertiary/aromatic N) is 3. The second kappa shape index (κ2) is 7.44. The number of rotatable bonds is 4. The van der Waals surface area contributed by atoms with Gasteiger partial charge < -0.3 is 9.80 Å². The average molecular weight is 358 g/mol. The molecule has 25 heavy (non-hydrogen) atoms. The summed E-state index contributed by atoms with van der Waals surface area (Å²) < 4.78 is 0. The molecule has 1 fully saturated rings. The van der Waals surface area contributed by atoms with Crippen molar-refractivity contribution in [1.82, 2.24) is 9.88 Å². The summed E-state index contributed by atoms with van der Waals surface area (Å²) in [5.41, 5.74) is 0.928. The van der Waals surface area contributed by atoms with E-state index in [0.29, 0.717) is 6.42 Å². The molecule has 1 aliphatic rings. The number of pyridine rings is 1. The molecule has 1 aliphatic heterocycles. The highest BCUT2D eigenvalue weighted by Crippen LogP contribution is 2.29. The molecule has 0 aliphatic carbocycles. The number of hydrogen-bond acceptors (Lipinski definition) is 3. The first-order chi connectivity index (χ1) is 12.0. The lowest BCUT2D eigenvalue weighted by Gasteiger charge is -2.37. The Kier molecular flexibility index (Phi) is 5.28. The van der Waals surface area contributed by atoms with Gasteiger partial charge in [-0.3, -0.25) is 4.79 Å². The summed E-state index contributed by atoms with van der Waals surface area (Å²) >= 11 is 5.97. The Balaban J connectivity index is 1.58. The molecule has 3 rings (SSSR count). The minimum atomic E-state index is -0.209. The number of hydrogen-bond donors (Lipinski definition) is 0. The van der Waals surface area contributed by atoms with Crippen molar-refractivity contribution < 1.29 is 4.79 Å². The fraction of sp³-hybridized carbons (Fsp3) is 0.400. The van der Waals surface area contributed by atoms with E-state index in [1.807, 2.05) is 53.6 Å². The van der Waals surface area contributed by atoms with E-state index in [2.05, 4.69) is 23.7 Å². The number of anilines is 1. The largest absolute Gasteiger partial charge is 0.353 e. The van der Waals surface area contributed by atoms with Crippen molar-refractivity contribution in [3.05, 3.63) is 59.2 Å². The molecule has 0 spiro atoms. The van der Waals surface area contributed by atoms with Crippen molar-refractivity contribution in [3.63, 3.8) is 0 Å². The molecule has 0 atom stereocenters. The van der Waals surface area contributed by atoms with E-state index in [9.17, 15) is 4.79 Å². The van der Waals surface area contributed by atoms with Crippen molar-refractivity contribution in [1.29, 1.82) is 0 Å². The van der Waals surface area contributed by atoms with Gasteiger partial charge in [0, 0.05) is 43.8 Å². The topological polar surface area (TPSA) is 36.4 Å². The summed E-state index contributed by atoms with van der Waals surface area (Å²) in [4.78, 5) is 21.4. The predicted octanol–water partition coefficient (Wildman–Crippen LogP) is 3.75. The van der Waals surface area contributed by atoms with Crippen LogP contribution in [0.4, 0.5) is 5.82 Å². The molecule has 0 radical (unpaired) electrons. The van der Waals surface area contributed by atoms with Crippen LogP contribution in [0, 0.1) is 0 Å². The Labute approximate surface area is 154 Å². The van der Waals surface area contributed by atoms with Gasteiger partial charge in [-0.25, -0.2) is 4.98 Å². The molecule has 5 heteroatoms. The third-order valence-corrected chi connectivity index (χ3v) is 5.08. The van der Waals surface area contributed by atoms with Gasteiger partial charge in [-0.05, 0) is 35.2 Å². The van der Waals surface area contributed by atoms with Crippen LogP contribution in [0.3, 0.4) is 0 Å². The molecule has 2 heterocycles. The molecule has 132 valence electrons. The standard InChI is InChI=1S/C20H24ClN3O/c1-20(2,16-6-8-17(21)9-7-16)15-19(25)24-13-11-23(12-14-24)18-5-3-4-10-22-18/h3-10H,11-15H2,1-2H3. The van der Waals surface area contributed by atoms with E-state index in [4.69, 9.17) is 11.6 Å². The fourth-order valence-corrected chi connectivity index (χ4v) is 3.34. The molecule has 1 aromatic carbocycles. The summed E-state index contributed by atoms with van der Waals surface area (Å²) in [6.45, 7) is 7.35. The Morgan fingerprint density at radius 1 is 1.08 bits per heavy atom. The smallest absolute Gasteiger partial charge is 0.223 e. The molecule has 1 amide bonds. The molecule has 1 aromatic heterocycles. The summed E-state index contributed by atoms with van der Waals surface area (Å²) in [7, 11) is 0. The van der Waals surface area contributed by atoms with Crippen molar-refractivity contribution in [3.8, 4) is 0 Å². The molecule has 0 unspecified atom stereocenters. The van der Waals surface area contributed by atoms with Crippen LogP contribution in [0.15, 0.2) is 48.7 Å². The maximum atomic E-state index is 12.8. The average Bonchev–Trinajstić information content (AvgIpc) is 2.62. The van der Waals surface area contributed by atoms with Crippen molar-refractivity contribution >= 4 is 23.3 Å². The van der Waals surface area contributed by atoms with Gasteiger partial charge in [0.1, 0.15) is 5.82 Å². The van der Waals surface area contributed by atoms with Crippen molar-refractivity contribution in [2.24, 2.45) is 0 Å². The second-order valence-corrected chi connectivity index (χ2v) is 7.56. The van der Waals surface area contributed by atoms with Gasteiger partial charge in [-0.15, -0.1) is 0 Å². The maximum Gasteiger partial charge on any atom is 0.223 e. The number of halogens is 1. The minimum absolute atomic E-state index is 0.209. The van der Waals surface area contributed by atoms with Gasteiger partial charge >= 0.3 is 0 Å². The SMILES string of the molecule is CC(C)(CC(=O)N1CCN(c2ccccn2)CC1)c1ccc(Cl)cc1. The Morgan fingerprint density at radius 3 is 2.36 bits per heavy atom. The Morgan fingerprint density at radius 2 is 1.76 bits per heavy atom. The van der Waals surface area contributed by atoms with E-state index >= 15 is 0 Å². The van der Waals surface area contributed by atoms with Gasteiger partial charge in [-0.2, -0.15) is 0 Å². The van der Waals surface area contributed by atoms with E-state index in [-0.39, 0.29) is 11.3 Å². The van der Waals surface area contributed by atoms with Gasteiger partial charge in [0.15, 0.2) is 0 Å². The lowest BCUT2D eigenvalue weighted by atomic mass is 9.81. The van der Waals surface area contributed by atoms with Gasteiger partial charge in [0.2, 0.25) is 5.91 Å². The lowest BCUT2D eigenvalue weighted by molar-refractivity contribution is -0.132. The van der Waals surface area contributed by atoms with Gasteiger partial charge in [-0.1, -0.05) is 43.6 Å². The molecule has 2 aromatic rings. The van der Waals surface area contributed by atoms with Crippen molar-refractivity contribution in [2.45, 2.75) is 25.7 Å². The van der Waals surface area contributed by atoms with Crippen LogP contribution in [0.2, 0.25) is 5.02 Å². The number of carbonyl (C=O) groups excluding carboxylic acids is 1. The molecule has 0 bridgehead atoms. The zero-order chi connectivity index (χ0) is 17.9. The minimum Gasteiger partial charge on any atom is -0.353 e. The third-order valence-electron chi connectivity index (χ3n) is 4.82. The molecular weight excluding hydrogens is 334 g/mol. The predicted molar refractivity (Wildman–Crippen MR) is 102 cm³/mol. The first-order valence-electron chi connectivity index (χ1n) is 8.65. The van der Waals surface area contributed by atoms with E-state index in [1.54, 1.807) is 0 Å². The Hall–Kier alpha value is -2.07. The first-order valence-corrected chi connectivity index (χ1v) is 9.03. The molecule has 0 N–H and O–H groups in total. The quantitative estimate of drug-likeness (QED) is 0.836. The van der Waals surface area contributed by atoms with Crippen LogP contribution in [-0.2, 0) is 10.2 Å². The molecule has 4 nitrogen and oxygen atoms in total. The van der Waals surface area contributed by atoms with Crippen LogP contribution < -0.4 is 4.90 Å². The normalized spacial score (nSPS) is 15.3. The van der Waals surface area contributed by atoms with Crippen LogP contribution in [0.25, 0.3) is 0 Å². The third kappa shape index (κ3) is 4.31. The zero-order valence-electron chi connectivity index (χ0n) is 14.8. The van der Waals surface area contributed by atoms with Gasteiger partial charge in [0.05, 0.1) is 0 Å². The first kappa shape index (κ1) is 17.7. The van der Waals surface area contributed by atoms with Gasteiger partial charge in [0.25, 0.3) is 0 Å². The highest BCUT2D eigenvalue weighted by Gasteiger charge is 2.29. The summed E-state index contributed by atoms with van der Waals surface area (Å²) in [5, 5.41) is 0.719. The number of aromatic nitrogens is 1. The highest BCUT2D eigenvalue weighted by atomic mass is 35.5.